The fourth-order valence-corrected chi connectivity index (χ4v) is 12.7. The largest absolute Gasteiger partial charge is 0.511 e. The molecule has 7 rings (SSSR count). The second-order valence-electron chi connectivity index (χ2n) is 20.5. The SMILES string of the molecule is COC(=O)NC1C(C)OC(OC2CC=C(C)C3C=CC4C(OC5CC(O)C(OC(C)=O)C(C)O5)C(C)CC(C)C4C3(C)C(O)=C3C(=O)OC4(CC(C=O)=CC(O)C4C=C2C)C3=O)CC1(C)N(O)O. The van der Waals surface area contributed by atoms with Crippen molar-refractivity contribution in [1.29, 1.82) is 0 Å². The maximum atomic E-state index is 15.3. The predicted molar refractivity (Wildman–Crippen MR) is 237 cm³/mol. The third-order valence-corrected chi connectivity index (χ3v) is 16.0. The average molecular weight is 957 g/mol. The number of aliphatic hydroxyl groups is 3. The molecule has 68 heavy (non-hydrogen) atoms. The van der Waals surface area contributed by atoms with Gasteiger partial charge >= 0.3 is 18.0 Å². The number of fused-ring (bicyclic) bond motifs is 4. The van der Waals surface area contributed by atoms with Crippen molar-refractivity contribution in [2.75, 3.05) is 7.11 Å². The molecule has 7 aliphatic rings. The molecule has 0 radical (unpaired) electrons. The smallest absolute Gasteiger partial charge is 0.407 e. The minimum atomic E-state index is -2.14. The number of aliphatic hydroxyl groups excluding tert-OH is 3. The lowest BCUT2D eigenvalue weighted by Gasteiger charge is -2.56. The molecular formula is C49H68N2O17. The minimum Gasteiger partial charge on any atom is -0.511 e. The van der Waals surface area contributed by atoms with Crippen LogP contribution >= 0.6 is 0 Å². The summed E-state index contributed by atoms with van der Waals surface area (Å²) in [4.78, 5) is 66.2. The van der Waals surface area contributed by atoms with E-state index in [1.165, 1.54) is 27.0 Å². The summed E-state index contributed by atoms with van der Waals surface area (Å²) in [5.41, 5.74) is -4.39. The van der Waals surface area contributed by atoms with Gasteiger partial charge in [0, 0.05) is 43.4 Å². The summed E-state index contributed by atoms with van der Waals surface area (Å²) in [5, 5.41) is 59.5. The molecule has 1 amide bonds. The van der Waals surface area contributed by atoms with Crippen LogP contribution in [-0.2, 0) is 52.3 Å². The van der Waals surface area contributed by atoms with E-state index < -0.39 is 137 Å². The highest BCUT2D eigenvalue weighted by Crippen LogP contribution is 2.61. The third kappa shape index (κ3) is 9.02. The molecule has 6 N–H and O–H groups in total. The van der Waals surface area contributed by atoms with Crippen LogP contribution in [0.5, 0.6) is 0 Å². The van der Waals surface area contributed by atoms with Crippen LogP contribution in [0.2, 0.25) is 0 Å². The van der Waals surface area contributed by atoms with E-state index in [4.69, 9.17) is 33.2 Å². The van der Waals surface area contributed by atoms with Gasteiger partial charge in [-0.15, -0.1) is 0 Å². The summed E-state index contributed by atoms with van der Waals surface area (Å²) in [6, 6.07) is -0.975. The number of nitrogens with zero attached hydrogens (tertiary/aromatic N) is 1. The van der Waals surface area contributed by atoms with Crippen LogP contribution in [0.15, 0.2) is 58.4 Å². The number of esters is 2. The number of rotatable bonds is 8. The first-order valence-electron chi connectivity index (χ1n) is 23.5. The lowest BCUT2D eigenvalue weighted by atomic mass is 9.49. The van der Waals surface area contributed by atoms with Gasteiger partial charge in [-0.3, -0.25) is 24.8 Å². The Morgan fingerprint density at radius 1 is 0.926 bits per heavy atom. The summed E-state index contributed by atoms with van der Waals surface area (Å²) in [6.07, 6.45) is 0.329. The lowest BCUT2D eigenvalue weighted by molar-refractivity contribution is -0.390. The summed E-state index contributed by atoms with van der Waals surface area (Å²) >= 11 is 0. The first-order valence-corrected chi connectivity index (χ1v) is 23.5. The number of hydrogen-bond donors (Lipinski definition) is 6. The summed E-state index contributed by atoms with van der Waals surface area (Å²) < 4.78 is 42.2. The highest BCUT2D eigenvalue weighted by atomic mass is 16.8. The molecule has 0 aromatic carbocycles. The molecule has 0 aromatic heterocycles. The monoisotopic (exact) mass is 956 g/mol. The molecule has 19 unspecified atom stereocenters. The average Bonchev–Trinajstić information content (AvgIpc) is 3.50. The Labute approximate surface area is 396 Å². The van der Waals surface area contributed by atoms with E-state index in [0.29, 0.717) is 18.3 Å². The van der Waals surface area contributed by atoms with Crippen molar-refractivity contribution in [3.05, 3.63) is 58.4 Å². The predicted octanol–water partition coefficient (Wildman–Crippen LogP) is 4.46. The number of alkyl carbamates (subject to hydrolysis) is 1. The number of allylic oxidation sites excluding steroid dienone is 3. The van der Waals surface area contributed by atoms with Crippen molar-refractivity contribution in [2.45, 2.75) is 167 Å². The van der Waals surface area contributed by atoms with E-state index in [9.17, 15) is 44.9 Å². The molecule has 4 fully saturated rings. The van der Waals surface area contributed by atoms with E-state index in [1.54, 1.807) is 26.8 Å². The van der Waals surface area contributed by atoms with Crippen LogP contribution in [0.25, 0.3) is 0 Å². The van der Waals surface area contributed by atoms with Gasteiger partial charge in [0.1, 0.15) is 17.6 Å². The fraction of sp³-hybridized carbons (Fsp3) is 0.694. The Bertz CT molecular complexity index is 2160. The molecule has 19 atom stereocenters. The first-order chi connectivity index (χ1) is 31.9. The number of amides is 1. The Morgan fingerprint density at radius 2 is 1.62 bits per heavy atom. The Morgan fingerprint density at radius 3 is 2.25 bits per heavy atom. The molecule has 0 aromatic rings. The molecule has 1 saturated carbocycles. The number of methoxy groups -OCH3 is 1. The highest BCUT2D eigenvalue weighted by molar-refractivity contribution is 6.26. The first kappa shape index (κ1) is 51.5. The van der Waals surface area contributed by atoms with Gasteiger partial charge in [-0.25, -0.2) is 9.59 Å². The summed E-state index contributed by atoms with van der Waals surface area (Å²) in [7, 11) is 1.18. The maximum absolute atomic E-state index is 15.3. The number of aldehydes is 1. The maximum Gasteiger partial charge on any atom is 0.407 e. The molecule has 376 valence electrons. The van der Waals surface area contributed by atoms with Gasteiger partial charge in [-0.05, 0) is 82.4 Å². The Hall–Kier alpha value is -4.31. The highest BCUT2D eigenvalue weighted by Gasteiger charge is 2.64. The second-order valence-corrected chi connectivity index (χ2v) is 20.5. The standard InChI is InChI=1S/C49H68N2O17/c1-22-11-14-35(66-37-20-47(8,51(60)61)42(27(6)64-37)50-46(59)62-10)23(2)16-32-33(54)17-29(21-52)19-49(32)44(57)38(45(58)68-49)43(56)48(9)31(22)13-12-30-39(48)24(3)15-25(4)40(30)67-36-18-34(55)41(26(5)63-36)65-28(7)53/h11-13,16-17,21,24-27,30-37,39-42,54-56,60-61H,14-15,18-20H2,1-10H3,(H,50,59). The number of ether oxygens (including phenoxy) is 7. The number of nitrogens with one attached hydrogen (secondary N) is 1. The molecule has 1 spiro atoms. The quantitative estimate of drug-likeness (QED) is 0.0490. The number of carbonyl (C=O) groups excluding carboxylic acids is 5. The number of ketones is 1. The lowest BCUT2D eigenvalue weighted by Crippen LogP contribution is -2.68. The molecule has 19 nitrogen and oxygen atoms in total. The van der Waals surface area contributed by atoms with Crippen LogP contribution in [-0.4, -0.2) is 141 Å². The molecule has 19 heteroatoms. The summed E-state index contributed by atoms with van der Waals surface area (Å²) in [6.45, 7) is 15.6. The van der Waals surface area contributed by atoms with E-state index in [1.807, 2.05) is 32.1 Å². The van der Waals surface area contributed by atoms with E-state index >= 15 is 4.79 Å². The van der Waals surface area contributed by atoms with Gasteiger partial charge in [0.15, 0.2) is 24.3 Å². The number of hydroxylamine groups is 2. The van der Waals surface area contributed by atoms with Crippen LogP contribution in [0, 0.1) is 40.9 Å². The van der Waals surface area contributed by atoms with Crippen LogP contribution in [0.4, 0.5) is 4.79 Å². The zero-order chi connectivity index (χ0) is 49.9. The van der Waals surface area contributed by atoms with E-state index in [2.05, 4.69) is 19.2 Å². The summed E-state index contributed by atoms with van der Waals surface area (Å²) in [5.74, 6) is -6.01. The fourth-order valence-electron chi connectivity index (χ4n) is 12.7. The van der Waals surface area contributed by atoms with Crippen molar-refractivity contribution >= 4 is 30.1 Å². The van der Waals surface area contributed by atoms with Gasteiger partial charge in [-0.1, -0.05) is 55.9 Å². The Balaban J connectivity index is 1.33. The van der Waals surface area contributed by atoms with Crippen molar-refractivity contribution in [2.24, 2.45) is 40.9 Å². The Kier molecular flexibility index (Phi) is 14.8. The topological polar surface area (TPSA) is 266 Å². The number of Topliss-reactive ketones (excluding diaryl/α,β-unsaturated/α-hetero) is 1. The van der Waals surface area contributed by atoms with Gasteiger partial charge in [-0.2, -0.15) is 0 Å². The van der Waals surface area contributed by atoms with Crippen molar-refractivity contribution in [3.8, 4) is 0 Å². The molecule has 2 bridgehead atoms. The number of carbonyl (C=O) groups is 5. The second kappa shape index (κ2) is 19.5. The molecule has 3 heterocycles. The number of hydrogen-bond acceptors (Lipinski definition) is 18. The molecule has 3 aliphatic heterocycles. The zero-order valence-electron chi connectivity index (χ0n) is 40.3. The molecule has 4 aliphatic carbocycles. The molecular weight excluding hydrogens is 889 g/mol. The van der Waals surface area contributed by atoms with Gasteiger partial charge in [0.2, 0.25) is 5.78 Å². The van der Waals surface area contributed by atoms with Gasteiger partial charge in [0.05, 0.1) is 61.2 Å². The van der Waals surface area contributed by atoms with E-state index in [0.717, 1.165) is 5.57 Å². The normalized spacial score (nSPS) is 44.0. The van der Waals surface area contributed by atoms with Crippen molar-refractivity contribution < 1.29 is 82.9 Å². The van der Waals surface area contributed by atoms with Crippen LogP contribution in [0.3, 0.4) is 0 Å². The van der Waals surface area contributed by atoms with Crippen LogP contribution in [0.1, 0.15) is 94.4 Å². The van der Waals surface area contributed by atoms with Crippen molar-refractivity contribution in [3.63, 3.8) is 0 Å². The van der Waals surface area contributed by atoms with Crippen molar-refractivity contribution in [1.82, 2.24) is 10.5 Å². The van der Waals surface area contributed by atoms with Gasteiger partial charge in [0.25, 0.3) is 0 Å². The minimum absolute atomic E-state index is 0.00957. The van der Waals surface area contributed by atoms with Crippen LogP contribution < -0.4 is 5.32 Å². The van der Waals surface area contributed by atoms with Gasteiger partial charge < -0.3 is 53.8 Å². The zero-order valence-corrected chi connectivity index (χ0v) is 40.3. The third-order valence-electron chi connectivity index (χ3n) is 16.0. The molecule has 3 saturated heterocycles. The van der Waals surface area contributed by atoms with E-state index in [-0.39, 0.29) is 48.3 Å².